The Bertz CT molecular complexity index is 411. The van der Waals surface area contributed by atoms with Gasteiger partial charge in [0.25, 0.3) is 0 Å². The van der Waals surface area contributed by atoms with Gasteiger partial charge in [-0.1, -0.05) is 35.0 Å². The Hall–Kier alpha value is -1.36. The first kappa shape index (κ1) is 14.7. The number of hydrogen-bond acceptors (Lipinski definition) is 4. The van der Waals surface area contributed by atoms with Gasteiger partial charge >= 0.3 is 11.9 Å². The Labute approximate surface area is 114 Å². The number of ether oxygens (including phenoxy) is 2. The summed E-state index contributed by atoms with van der Waals surface area (Å²) >= 11 is 3.33. The van der Waals surface area contributed by atoms with Crippen LogP contribution in [0.25, 0.3) is 0 Å². The molecule has 1 rings (SSSR count). The zero-order valence-corrected chi connectivity index (χ0v) is 12.1. The van der Waals surface area contributed by atoms with Crippen LogP contribution in [0.5, 0.6) is 0 Å². The van der Waals surface area contributed by atoms with Gasteiger partial charge in [0.1, 0.15) is 0 Å². The summed E-state index contributed by atoms with van der Waals surface area (Å²) in [5, 5.41) is 0. The zero-order chi connectivity index (χ0) is 13.7. The third-order valence-corrected chi connectivity index (χ3v) is 3.33. The lowest BCUT2D eigenvalue weighted by Crippen LogP contribution is -2.31. The average molecular weight is 315 g/mol. The van der Waals surface area contributed by atoms with Gasteiger partial charge in [0.2, 0.25) is 0 Å². The van der Waals surface area contributed by atoms with Crippen molar-refractivity contribution >= 4 is 27.9 Å². The number of methoxy groups -OCH3 is 2. The van der Waals surface area contributed by atoms with Crippen molar-refractivity contribution in [2.75, 3.05) is 14.2 Å². The van der Waals surface area contributed by atoms with Crippen molar-refractivity contribution in [3.63, 3.8) is 0 Å². The van der Waals surface area contributed by atoms with Gasteiger partial charge in [0.15, 0.2) is 5.92 Å². The quantitative estimate of drug-likeness (QED) is 0.633. The van der Waals surface area contributed by atoms with Gasteiger partial charge in [-0.15, -0.1) is 0 Å². The van der Waals surface area contributed by atoms with Crippen molar-refractivity contribution in [1.82, 2.24) is 0 Å². The fraction of sp³-hybridized carbons (Fsp3) is 0.385. The first-order chi connectivity index (χ1) is 8.51. The summed E-state index contributed by atoms with van der Waals surface area (Å²) in [7, 11) is 2.51. The standard InChI is InChI=1S/C13H15BrO4/c1-8(9-4-6-10(14)7-5-9)11(12(15)17-2)13(16)18-3/h4-8,11H,1-3H3. The summed E-state index contributed by atoms with van der Waals surface area (Å²) in [6, 6.07) is 7.43. The minimum absolute atomic E-state index is 0.307. The van der Waals surface area contributed by atoms with Crippen LogP contribution < -0.4 is 0 Å². The highest BCUT2D eigenvalue weighted by molar-refractivity contribution is 9.10. The van der Waals surface area contributed by atoms with Crippen LogP contribution in [0.1, 0.15) is 18.4 Å². The number of halogens is 1. The number of esters is 2. The molecule has 0 N–H and O–H groups in total. The van der Waals surface area contributed by atoms with Crippen LogP contribution in [0, 0.1) is 5.92 Å². The Morgan fingerprint density at radius 2 is 1.50 bits per heavy atom. The molecule has 0 saturated heterocycles. The van der Waals surface area contributed by atoms with Gasteiger partial charge in [-0.3, -0.25) is 9.59 Å². The first-order valence-corrected chi connectivity index (χ1v) is 6.21. The molecular weight excluding hydrogens is 300 g/mol. The van der Waals surface area contributed by atoms with Crippen molar-refractivity contribution in [3.05, 3.63) is 34.3 Å². The van der Waals surface area contributed by atoms with Crippen molar-refractivity contribution < 1.29 is 19.1 Å². The van der Waals surface area contributed by atoms with E-state index in [4.69, 9.17) is 0 Å². The maximum absolute atomic E-state index is 11.7. The highest BCUT2D eigenvalue weighted by Gasteiger charge is 2.35. The second-order valence-electron chi connectivity index (χ2n) is 3.86. The highest BCUT2D eigenvalue weighted by atomic mass is 79.9. The molecule has 1 aromatic carbocycles. The van der Waals surface area contributed by atoms with E-state index in [0.29, 0.717) is 0 Å². The third-order valence-electron chi connectivity index (χ3n) is 2.81. The second kappa shape index (κ2) is 6.54. The van der Waals surface area contributed by atoms with E-state index in [1.165, 1.54) is 14.2 Å². The van der Waals surface area contributed by atoms with Gasteiger partial charge in [-0.05, 0) is 17.7 Å². The van der Waals surface area contributed by atoms with Gasteiger partial charge in [-0.25, -0.2) is 0 Å². The number of carbonyl (C=O) groups is 2. The molecular formula is C13H15BrO4. The molecule has 0 heterocycles. The first-order valence-electron chi connectivity index (χ1n) is 5.42. The van der Waals surface area contributed by atoms with Gasteiger partial charge < -0.3 is 9.47 Å². The van der Waals surface area contributed by atoms with Crippen molar-refractivity contribution in [3.8, 4) is 0 Å². The van der Waals surface area contributed by atoms with Crippen molar-refractivity contribution in [1.29, 1.82) is 0 Å². The van der Waals surface area contributed by atoms with Crippen LogP contribution in [-0.2, 0) is 19.1 Å². The van der Waals surface area contributed by atoms with Crippen LogP contribution in [0.4, 0.5) is 0 Å². The molecule has 0 amide bonds. The largest absolute Gasteiger partial charge is 0.468 e. The summed E-state index contributed by atoms with van der Waals surface area (Å²) in [5.41, 5.74) is 0.874. The van der Waals surface area contributed by atoms with E-state index in [0.717, 1.165) is 10.0 Å². The smallest absolute Gasteiger partial charge is 0.320 e. The molecule has 1 atom stereocenters. The lowest BCUT2D eigenvalue weighted by Gasteiger charge is -2.19. The number of hydrogen-bond donors (Lipinski definition) is 0. The van der Waals surface area contributed by atoms with Crippen molar-refractivity contribution in [2.45, 2.75) is 12.8 Å². The van der Waals surface area contributed by atoms with E-state index in [-0.39, 0.29) is 5.92 Å². The Morgan fingerprint density at radius 3 is 1.89 bits per heavy atom. The van der Waals surface area contributed by atoms with Crippen LogP contribution in [-0.4, -0.2) is 26.2 Å². The Morgan fingerprint density at radius 1 is 1.06 bits per heavy atom. The molecule has 0 spiro atoms. The number of carbonyl (C=O) groups excluding carboxylic acids is 2. The topological polar surface area (TPSA) is 52.6 Å². The number of rotatable bonds is 4. The van der Waals surface area contributed by atoms with Gasteiger partial charge in [0, 0.05) is 10.4 Å². The maximum Gasteiger partial charge on any atom is 0.320 e. The van der Waals surface area contributed by atoms with Gasteiger partial charge in [-0.2, -0.15) is 0 Å². The summed E-state index contributed by atoms with van der Waals surface area (Å²) < 4.78 is 10.2. The molecule has 5 heteroatoms. The SMILES string of the molecule is COC(=O)C(C(=O)OC)C(C)c1ccc(Br)cc1. The number of benzene rings is 1. The molecule has 0 saturated carbocycles. The minimum Gasteiger partial charge on any atom is -0.468 e. The van der Waals surface area contributed by atoms with Crippen molar-refractivity contribution in [2.24, 2.45) is 5.92 Å². The van der Waals surface area contributed by atoms with Crippen LogP contribution in [0.3, 0.4) is 0 Å². The normalized spacial score (nSPS) is 12.1. The fourth-order valence-corrected chi connectivity index (χ4v) is 1.98. The molecule has 0 aromatic heterocycles. The van der Waals surface area contributed by atoms with E-state index >= 15 is 0 Å². The van der Waals surface area contributed by atoms with Crippen LogP contribution >= 0.6 is 15.9 Å². The maximum atomic E-state index is 11.7. The van der Waals surface area contributed by atoms with E-state index in [2.05, 4.69) is 25.4 Å². The van der Waals surface area contributed by atoms with E-state index in [1.54, 1.807) is 6.92 Å². The molecule has 0 radical (unpaired) electrons. The predicted octanol–water partition coefficient (Wildman–Crippen LogP) is 2.51. The van der Waals surface area contributed by atoms with E-state index < -0.39 is 17.9 Å². The molecule has 0 fully saturated rings. The molecule has 0 aliphatic carbocycles. The molecule has 98 valence electrons. The summed E-state index contributed by atoms with van der Waals surface area (Å²) in [4.78, 5) is 23.3. The Balaban J connectivity index is 3.02. The molecule has 18 heavy (non-hydrogen) atoms. The summed E-state index contributed by atoms with van der Waals surface area (Å²) in [6.45, 7) is 1.79. The van der Waals surface area contributed by atoms with Gasteiger partial charge in [0.05, 0.1) is 14.2 Å². The second-order valence-corrected chi connectivity index (χ2v) is 4.78. The van der Waals surface area contributed by atoms with Crippen LogP contribution in [0.15, 0.2) is 28.7 Å². The fourth-order valence-electron chi connectivity index (χ4n) is 1.72. The van der Waals surface area contributed by atoms with E-state index in [9.17, 15) is 9.59 Å². The Kier molecular flexibility index (Phi) is 5.34. The zero-order valence-electron chi connectivity index (χ0n) is 10.5. The lowest BCUT2D eigenvalue weighted by atomic mass is 9.87. The third kappa shape index (κ3) is 3.32. The molecule has 0 aliphatic rings. The minimum atomic E-state index is -0.943. The summed E-state index contributed by atoms with van der Waals surface area (Å²) in [6.07, 6.45) is 0. The molecule has 0 aliphatic heterocycles. The molecule has 1 unspecified atom stereocenters. The lowest BCUT2D eigenvalue weighted by molar-refractivity contribution is -0.159. The average Bonchev–Trinajstić information content (AvgIpc) is 2.39. The molecule has 4 nitrogen and oxygen atoms in total. The van der Waals surface area contributed by atoms with Crippen LogP contribution in [0.2, 0.25) is 0 Å². The van der Waals surface area contributed by atoms with E-state index in [1.807, 2.05) is 24.3 Å². The summed E-state index contributed by atoms with van der Waals surface area (Å²) in [5.74, 6) is -2.42. The molecule has 1 aromatic rings. The monoisotopic (exact) mass is 314 g/mol. The molecule has 0 bridgehead atoms. The highest BCUT2D eigenvalue weighted by Crippen LogP contribution is 2.27. The predicted molar refractivity (Wildman–Crippen MR) is 70.1 cm³/mol.